The fourth-order valence-corrected chi connectivity index (χ4v) is 7.47. The molecule has 12 heteroatoms. The zero-order valence-corrected chi connectivity index (χ0v) is 28.8. The van der Waals surface area contributed by atoms with Gasteiger partial charge in [0.25, 0.3) is 5.91 Å². The highest BCUT2D eigenvalue weighted by molar-refractivity contribution is 6.38. The Labute approximate surface area is 276 Å². The van der Waals surface area contributed by atoms with Crippen LogP contribution in [-0.2, 0) is 37.1 Å². The van der Waals surface area contributed by atoms with Crippen molar-refractivity contribution in [1.82, 2.24) is 25.8 Å². The van der Waals surface area contributed by atoms with E-state index < -0.39 is 64.5 Å². The van der Waals surface area contributed by atoms with Gasteiger partial charge >= 0.3 is 6.03 Å². The third kappa shape index (κ3) is 6.73. The molecule has 0 aromatic heterocycles. The molecular formula is C35H50N6O6. The molecule has 5 N–H and O–H groups in total. The second kappa shape index (κ2) is 11.9. The monoisotopic (exact) mass is 650 g/mol. The van der Waals surface area contributed by atoms with Crippen molar-refractivity contribution >= 4 is 35.4 Å². The summed E-state index contributed by atoms with van der Waals surface area (Å²) in [5, 5.41) is 8.48. The number of amides is 6. The van der Waals surface area contributed by atoms with Crippen LogP contribution in [0, 0.1) is 34.0 Å². The maximum atomic E-state index is 14.3. The molecule has 4 aliphatic rings. The van der Waals surface area contributed by atoms with Gasteiger partial charge in [-0.3, -0.25) is 24.0 Å². The highest BCUT2D eigenvalue weighted by atomic mass is 16.2. The van der Waals surface area contributed by atoms with E-state index in [1.54, 1.807) is 4.90 Å². The van der Waals surface area contributed by atoms with Gasteiger partial charge in [-0.15, -0.1) is 0 Å². The number of rotatable bonds is 9. The first kappa shape index (κ1) is 34.4. The largest absolute Gasteiger partial charge is 0.363 e. The van der Waals surface area contributed by atoms with Crippen molar-refractivity contribution in [1.29, 1.82) is 0 Å². The Morgan fingerprint density at radius 1 is 0.830 bits per heavy atom. The van der Waals surface area contributed by atoms with E-state index in [9.17, 15) is 28.8 Å². The number of hydrogen-bond donors (Lipinski definition) is 4. The van der Waals surface area contributed by atoms with Crippen molar-refractivity contribution in [2.45, 2.75) is 105 Å². The molecule has 0 spiro atoms. The number of carbonyl (C=O) groups excluding carboxylic acids is 6. The fourth-order valence-electron chi connectivity index (χ4n) is 7.47. The smallest absolute Gasteiger partial charge is 0.316 e. The van der Waals surface area contributed by atoms with E-state index >= 15 is 0 Å². The van der Waals surface area contributed by atoms with Crippen molar-refractivity contribution in [3.05, 3.63) is 35.4 Å². The first-order valence-electron chi connectivity index (χ1n) is 16.6. The summed E-state index contributed by atoms with van der Waals surface area (Å²) in [5.41, 5.74) is 5.85. The van der Waals surface area contributed by atoms with E-state index in [1.165, 1.54) is 4.90 Å². The first-order chi connectivity index (χ1) is 21.7. The number of urea groups is 1. The lowest BCUT2D eigenvalue weighted by molar-refractivity contribution is -0.145. The minimum Gasteiger partial charge on any atom is -0.363 e. The maximum absolute atomic E-state index is 14.3. The Kier molecular flexibility index (Phi) is 8.73. The van der Waals surface area contributed by atoms with Crippen molar-refractivity contribution in [3.8, 4) is 0 Å². The number of carbonyl (C=O) groups is 6. The number of piperidine rings is 1. The van der Waals surface area contributed by atoms with Crippen LogP contribution < -0.4 is 21.7 Å². The van der Waals surface area contributed by atoms with Gasteiger partial charge in [0, 0.05) is 19.6 Å². The molecule has 6 amide bonds. The molecule has 1 aromatic carbocycles. The van der Waals surface area contributed by atoms with Crippen LogP contribution in [0.4, 0.5) is 4.79 Å². The molecule has 2 aliphatic heterocycles. The van der Waals surface area contributed by atoms with Gasteiger partial charge in [0.2, 0.25) is 23.5 Å². The standard InChI is InChI=1S/C35H50N6O6/c1-33(2,3)26(30(45)40-15-19-11-9-10-12-20(19)16-40)38-32(47)39-27(34(4,5)6)31(46)41-17-21-22(35(21,7)8)24(41)29(44)37-23(18-13-14-18)25(42)28(36)43/h9-12,18,21-24,26-27H,13-17H2,1-8H3,(H2,36,43)(H,37,44)(H2,38,39,47)/t21-,22-,23?,24-,26+,27+/m0/s1. The first-order valence-corrected chi connectivity index (χ1v) is 16.6. The Morgan fingerprint density at radius 3 is 1.81 bits per heavy atom. The third-order valence-corrected chi connectivity index (χ3v) is 10.6. The van der Waals surface area contributed by atoms with Crippen LogP contribution >= 0.6 is 0 Å². The quantitative estimate of drug-likeness (QED) is 0.298. The summed E-state index contributed by atoms with van der Waals surface area (Å²) in [4.78, 5) is 83.1. The lowest BCUT2D eigenvalue weighted by Gasteiger charge is -2.39. The fraction of sp³-hybridized carbons (Fsp3) is 0.657. The summed E-state index contributed by atoms with van der Waals surface area (Å²) >= 11 is 0. The summed E-state index contributed by atoms with van der Waals surface area (Å²) in [5.74, 6) is -3.30. The van der Waals surface area contributed by atoms with Crippen LogP contribution in [0.5, 0.6) is 0 Å². The molecule has 1 saturated heterocycles. The zero-order valence-electron chi connectivity index (χ0n) is 28.8. The molecule has 256 valence electrons. The third-order valence-electron chi connectivity index (χ3n) is 10.6. The molecule has 12 nitrogen and oxygen atoms in total. The molecule has 2 heterocycles. The number of Topliss-reactive ketones (excluding diaryl/α,β-unsaturated/α-hetero) is 1. The van der Waals surface area contributed by atoms with E-state index in [4.69, 9.17) is 5.73 Å². The van der Waals surface area contributed by atoms with E-state index in [1.807, 2.05) is 79.7 Å². The number of likely N-dealkylation sites (tertiary alicyclic amines) is 1. The average Bonchev–Trinajstić information content (AvgIpc) is 3.75. The lowest BCUT2D eigenvalue weighted by Crippen LogP contribution is -2.63. The highest BCUT2D eigenvalue weighted by Gasteiger charge is 2.70. The predicted octanol–water partition coefficient (Wildman–Crippen LogP) is 2.09. The van der Waals surface area contributed by atoms with Crippen LogP contribution in [-0.4, -0.2) is 76.0 Å². The average molecular weight is 651 g/mol. The maximum Gasteiger partial charge on any atom is 0.316 e. The number of fused-ring (bicyclic) bond motifs is 2. The van der Waals surface area contributed by atoms with Gasteiger partial charge in [0.1, 0.15) is 24.2 Å². The molecule has 1 unspecified atom stereocenters. The van der Waals surface area contributed by atoms with E-state index in [0.717, 1.165) is 11.1 Å². The predicted molar refractivity (Wildman–Crippen MR) is 174 cm³/mol. The number of nitrogens with one attached hydrogen (secondary N) is 3. The highest BCUT2D eigenvalue weighted by Crippen LogP contribution is 2.65. The molecule has 0 bridgehead atoms. The number of nitrogens with zero attached hydrogens (tertiary/aromatic N) is 2. The van der Waals surface area contributed by atoms with Crippen LogP contribution in [0.3, 0.4) is 0 Å². The Hall–Kier alpha value is -3.96. The van der Waals surface area contributed by atoms with Gasteiger partial charge in [-0.2, -0.15) is 0 Å². The van der Waals surface area contributed by atoms with Crippen molar-refractivity contribution in [3.63, 3.8) is 0 Å². The van der Waals surface area contributed by atoms with Crippen LogP contribution in [0.2, 0.25) is 0 Å². The number of nitrogens with two attached hydrogens (primary N) is 1. The molecule has 2 saturated carbocycles. The van der Waals surface area contributed by atoms with E-state index in [0.29, 0.717) is 32.5 Å². The minimum atomic E-state index is -1.10. The van der Waals surface area contributed by atoms with Gasteiger partial charge in [-0.25, -0.2) is 4.79 Å². The van der Waals surface area contributed by atoms with Crippen molar-refractivity contribution in [2.75, 3.05) is 6.54 Å². The lowest BCUT2D eigenvalue weighted by atomic mass is 9.84. The number of primary amides is 1. The summed E-state index contributed by atoms with van der Waals surface area (Å²) in [6.45, 7) is 16.5. The summed E-state index contributed by atoms with van der Waals surface area (Å²) < 4.78 is 0. The number of hydrogen-bond acceptors (Lipinski definition) is 6. The van der Waals surface area contributed by atoms with Crippen LogP contribution in [0.25, 0.3) is 0 Å². The second-order valence-corrected chi connectivity index (χ2v) is 16.6. The molecule has 6 atom stereocenters. The van der Waals surface area contributed by atoms with E-state index in [2.05, 4.69) is 16.0 Å². The molecule has 3 fully saturated rings. The Morgan fingerprint density at radius 2 is 1.34 bits per heavy atom. The van der Waals surface area contributed by atoms with Crippen molar-refractivity contribution in [2.24, 2.45) is 39.7 Å². The van der Waals surface area contributed by atoms with E-state index in [-0.39, 0.29) is 29.1 Å². The summed E-state index contributed by atoms with van der Waals surface area (Å²) in [6, 6.07) is 3.42. The Bertz CT molecular complexity index is 1460. The van der Waals surface area contributed by atoms with Crippen LogP contribution in [0.1, 0.15) is 79.4 Å². The number of ketones is 1. The number of benzene rings is 1. The van der Waals surface area contributed by atoms with Gasteiger partial charge in [-0.1, -0.05) is 79.7 Å². The molecule has 5 rings (SSSR count). The molecule has 1 aromatic rings. The van der Waals surface area contributed by atoms with Gasteiger partial charge in [-0.05, 0) is 58.0 Å². The zero-order chi connectivity index (χ0) is 34.8. The second-order valence-electron chi connectivity index (χ2n) is 16.6. The molecule has 47 heavy (non-hydrogen) atoms. The topological polar surface area (TPSA) is 171 Å². The molecule has 0 radical (unpaired) electrons. The van der Waals surface area contributed by atoms with Gasteiger partial charge in [0.05, 0.1) is 0 Å². The molecular weight excluding hydrogens is 600 g/mol. The molecule has 2 aliphatic carbocycles. The SMILES string of the molecule is CC(C)(C)[C@H](NC(=O)N[C@H](C(=O)N1C[C@H]2[C@@H]([C@H]1C(=O)NC(C(=O)C(N)=O)C1CC1)C2(C)C)C(C)(C)C)C(=O)N1Cc2ccccc2C1. The summed E-state index contributed by atoms with van der Waals surface area (Å²) in [7, 11) is 0. The van der Waals surface area contributed by atoms with Gasteiger partial charge in [0.15, 0.2) is 0 Å². The minimum absolute atomic E-state index is 0.0651. The Balaban J connectivity index is 1.32. The van der Waals surface area contributed by atoms with Crippen molar-refractivity contribution < 1.29 is 28.8 Å². The normalized spacial score (nSPS) is 24.7. The summed E-state index contributed by atoms with van der Waals surface area (Å²) in [6.07, 6.45) is 1.39. The van der Waals surface area contributed by atoms with Crippen LogP contribution in [0.15, 0.2) is 24.3 Å². The van der Waals surface area contributed by atoms with Gasteiger partial charge < -0.3 is 31.5 Å².